The first-order valence-electron chi connectivity index (χ1n) is 13.0. The number of rotatable bonds is 5. The van der Waals surface area contributed by atoms with Crippen LogP contribution in [0.25, 0.3) is 0 Å². The third-order valence-electron chi connectivity index (χ3n) is 10.8. The first kappa shape index (κ1) is 24.0. The molecule has 4 aliphatic rings. The van der Waals surface area contributed by atoms with Gasteiger partial charge in [0, 0.05) is 13.3 Å². The molecule has 0 heterocycles. The summed E-state index contributed by atoms with van der Waals surface area (Å²) in [6.07, 6.45) is 9.85. The zero-order chi connectivity index (χ0) is 23.3. The minimum atomic E-state index is -0.247. The number of fused-ring (bicyclic) bond motifs is 5. The largest absolute Gasteiger partial charge is 0.469 e. The molecule has 4 unspecified atom stereocenters. The van der Waals surface area contributed by atoms with Gasteiger partial charge in [0.15, 0.2) is 0 Å². The molecule has 10 atom stereocenters. The second-order valence-electron chi connectivity index (χ2n) is 12.1. The highest BCUT2D eigenvalue weighted by Gasteiger charge is 2.63. The molecule has 0 amide bonds. The van der Waals surface area contributed by atoms with Gasteiger partial charge in [-0.2, -0.15) is 0 Å². The summed E-state index contributed by atoms with van der Waals surface area (Å²) in [5.74, 6) is 2.81. The van der Waals surface area contributed by atoms with Crippen molar-refractivity contribution in [3.8, 4) is 0 Å². The minimum absolute atomic E-state index is 0.0229. The zero-order valence-electron chi connectivity index (χ0n) is 20.8. The summed E-state index contributed by atoms with van der Waals surface area (Å²) in [5.41, 5.74) is 0.506. The van der Waals surface area contributed by atoms with Crippen LogP contribution in [0, 0.1) is 46.3 Å². The Morgan fingerprint density at radius 3 is 2.41 bits per heavy atom. The Bertz CT molecular complexity index is 721. The monoisotopic (exact) mass is 448 g/mol. The SMILES string of the molecule is COC(=O)CC[C@@H](C)[C@H]1CCC2C3C(CC[C@@]21C)[C@@]1(C)CC[C@@H](OC(C)=O)CC1C[C@H]3O. The Morgan fingerprint density at radius 2 is 1.72 bits per heavy atom. The van der Waals surface area contributed by atoms with Gasteiger partial charge in [0.2, 0.25) is 0 Å². The van der Waals surface area contributed by atoms with Crippen LogP contribution in [-0.2, 0) is 19.1 Å². The van der Waals surface area contributed by atoms with Gasteiger partial charge < -0.3 is 14.6 Å². The molecule has 0 bridgehead atoms. The summed E-state index contributed by atoms with van der Waals surface area (Å²) in [4.78, 5) is 23.2. The van der Waals surface area contributed by atoms with E-state index in [1.807, 2.05) is 0 Å². The number of esters is 2. The first-order valence-corrected chi connectivity index (χ1v) is 13.0. The van der Waals surface area contributed by atoms with Gasteiger partial charge in [-0.05, 0) is 104 Å². The number of hydrogen-bond donors (Lipinski definition) is 1. The number of methoxy groups -OCH3 is 1. The number of carbonyl (C=O) groups is 2. The molecule has 0 aromatic carbocycles. The maximum absolute atomic E-state index is 11.7. The second kappa shape index (κ2) is 8.92. The highest BCUT2D eigenvalue weighted by molar-refractivity contribution is 5.69. The molecular weight excluding hydrogens is 404 g/mol. The van der Waals surface area contributed by atoms with E-state index in [4.69, 9.17) is 9.47 Å². The Morgan fingerprint density at radius 1 is 1.03 bits per heavy atom. The van der Waals surface area contributed by atoms with Gasteiger partial charge in [0.25, 0.3) is 0 Å². The van der Waals surface area contributed by atoms with E-state index in [-0.39, 0.29) is 35.0 Å². The number of carbonyl (C=O) groups excluding carboxylic acids is 2. The lowest BCUT2D eigenvalue weighted by atomic mass is 9.43. The summed E-state index contributed by atoms with van der Waals surface area (Å²) in [5, 5.41) is 11.5. The van der Waals surface area contributed by atoms with Crippen molar-refractivity contribution >= 4 is 11.9 Å². The Hall–Kier alpha value is -1.10. The number of aliphatic hydroxyl groups excluding tert-OH is 1. The fourth-order valence-corrected chi connectivity index (χ4v) is 9.15. The molecule has 0 saturated heterocycles. The van der Waals surface area contributed by atoms with E-state index in [1.165, 1.54) is 39.7 Å². The third-order valence-corrected chi connectivity index (χ3v) is 10.8. The molecule has 0 aromatic rings. The maximum atomic E-state index is 11.7. The first-order chi connectivity index (χ1) is 15.1. The molecule has 0 spiro atoms. The standard InChI is InChI=1S/C27H44O5/c1-16(6-9-24(30)31-5)20-7-8-21-25-22(11-13-27(20,21)4)26(3)12-10-19(32-17(2)28)14-18(26)15-23(25)29/h16,18-23,25,29H,6-15H2,1-5H3/t16-,18?,19-,20-,21?,22?,23-,25?,26+,27-/m1/s1. The van der Waals surface area contributed by atoms with Crippen molar-refractivity contribution in [2.75, 3.05) is 7.11 Å². The van der Waals surface area contributed by atoms with Crippen LogP contribution in [0.5, 0.6) is 0 Å². The molecule has 4 fully saturated rings. The fourth-order valence-electron chi connectivity index (χ4n) is 9.15. The van der Waals surface area contributed by atoms with Crippen LogP contribution in [0.4, 0.5) is 0 Å². The van der Waals surface area contributed by atoms with E-state index in [0.717, 1.165) is 32.1 Å². The molecule has 5 nitrogen and oxygen atoms in total. The molecule has 32 heavy (non-hydrogen) atoms. The predicted molar refractivity (Wildman–Crippen MR) is 123 cm³/mol. The fraction of sp³-hybridized carbons (Fsp3) is 0.926. The Kier molecular flexibility index (Phi) is 6.70. The van der Waals surface area contributed by atoms with Crippen molar-refractivity contribution in [3.05, 3.63) is 0 Å². The minimum Gasteiger partial charge on any atom is -0.469 e. The van der Waals surface area contributed by atoms with Gasteiger partial charge in [-0.15, -0.1) is 0 Å². The van der Waals surface area contributed by atoms with Gasteiger partial charge in [-0.3, -0.25) is 9.59 Å². The highest BCUT2D eigenvalue weighted by Crippen LogP contribution is 2.68. The maximum Gasteiger partial charge on any atom is 0.305 e. The van der Waals surface area contributed by atoms with Crippen LogP contribution in [0.2, 0.25) is 0 Å². The van der Waals surface area contributed by atoms with E-state index in [0.29, 0.717) is 41.9 Å². The van der Waals surface area contributed by atoms with E-state index in [2.05, 4.69) is 20.8 Å². The van der Waals surface area contributed by atoms with Crippen molar-refractivity contribution in [2.45, 2.75) is 104 Å². The normalized spacial score (nSPS) is 46.4. The second-order valence-corrected chi connectivity index (χ2v) is 12.1. The summed E-state index contributed by atoms with van der Waals surface area (Å²) >= 11 is 0. The topological polar surface area (TPSA) is 72.8 Å². The average Bonchev–Trinajstić information content (AvgIpc) is 3.09. The quantitative estimate of drug-likeness (QED) is 0.590. The van der Waals surface area contributed by atoms with Gasteiger partial charge in [-0.25, -0.2) is 0 Å². The summed E-state index contributed by atoms with van der Waals surface area (Å²) in [6.45, 7) is 8.78. The molecule has 1 N–H and O–H groups in total. The van der Waals surface area contributed by atoms with Crippen molar-refractivity contribution in [1.29, 1.82) is 0 Å². The van der Waals surface area contributed by atoms with Crippen LogP contribution in [0.3, 0.4) is 0 Å². The van der Waals surface area contributed by atoms with Gasteiger partial charge in [0.05, 0.1) is 13.2 Å². The molecule has 0 radical (unpaired) electrons. The Labute approximate surface area is 194 Å². The smallest absolute Gasteiger partial charge is 0.305 e. The number of aliphatic hydroxyl groups is 1. The van der Waals surface area contributed by atoms with Crippen molar-refractivity contribution in [3.63, 3.8) is 0 Å². The number of ether oxygens (including phenoxy) is 2. The third kappa shape index (κ3) is 4.01. The lowest BCUT2D eigenvalue weighted by molar-refractivity contribution is -0.182. The van der Waals surface area contributed by atoms with Gasteiger partial charge in [-0.1, -0.05) is 20.8 Å². The Balaban J connectivity index is 1.49. The van der Waals surface area contributed by atoms with Crippen LogP contribution >= 0.6 is 0 Å². The van der Waals surface area contributed by atoms with E-state index in [9.17, 15) is 14.7 Å². The average molecular weight is 449 g/mol. The molecule has 0 aromatic heterocycles. The van der Waals surface area contributed by atoms with Crippen LogP contribution in [-0.4, -0.2) is 36.4 Å². The molecule has 0 aliphatic heterocycles. The molecular formula is C27H44O5. The lowest BCUT2D eigenvalue weighted by Crippen LogP contribution is -2.58. The van der Waals surface area contributed by atoms with Crippen LogP contribution < -0.4 is 0 Å². The lowest BCUT2D eigenvalue weighted by Gasteiger charge is -2.62. The van der Waals surface area contributed by atoms with Gasteiger partial charge >= 0.3 is 11.9 Å². The number of hydrogen-bond acceptors (Lipinski definition) is 5. The van der Waals surface area contributed by atoms with Crippen molar-refractivity contribution < 1.29 is 24.2 Å². The van der Waals surface area contributed by atoms with E-state index < -0.39 is 0 Å². The molecule has 4 saturated carbocycles. The molecule has 4 aliphatic carbocycles. The highest BCUT2D eigenvalue weighted by atomic mass is 16.5. The van der Waals surface area contributed by atoms with Crippen LogP contribution in [0.15, 0.2) is 0 Å². The molecule has 5 heteroatoms. The molecule has 4 rings (SSSR count). The van der Waals surface area contributed by atoms with Gasteiger partial charge in [0.1, 0.15) is 6.10 Å². The molecule has 182 valence electrons. The zero-order valence-corrected chi connectivity index (χ0v) is 20.8. The van der Waals surface area contributed by atoms with Crippen LogP contribution in [0.1, 0.15) is 91.9 Å². The van der Waals surface area contributed by atoms with Crippen molar-refractivity contribution in [1.82, 2.24) is 0 Å². The summed E-state index contributed by atoms with van der Waals surface area (Å²) in [7, 11) is 1.47. The summed E-state index contributed by atoms with van der Waals surface area (Å²) < 4.78 is 10.4. The summed E-state index contributed by atoms with van der Waals surface area (Å²) in [6, 6.07) is 0. The van der Waals surface area contributed by atoms with E-state index >= 15 is 0 Å². The predicted octanol–water partition coefficient (Wildman–Crippen LogP) is 5.14. The van der Waals surface area contributed by atoms with Crippen molar-refractivity contribution in [2.24, 2.45) is 46.3 Å². The van der Waals surface area contributed by atoms with E-state index in [1.54, 1.807) is 0 Å².